The van der Waals surface area contributed by atoms with Gasteiger partial charge in [-0.25, -0.2) is 0 Å². The fourth-order valence-electron chi connectivity index (χ4n) is 1.56. The fourth-order valence-corrected chi connectivity index (χ4v) is 1.56. The van der Waals surface area contributed by atoms with Crippen LogP contribution in [-0.4, -0.2) is 0 Å². The number of aryl methyl sites for hydroxylation is 1. The lowest BCUT2D eigenvalue weighted by Gasteiger charge is -2.08. The Balaban J connectivity index is 2.03. The van der Waals surface area contributed by atoms with Crippen molar-refractivity contribution in [3.63, 3.8) is 0 Å². The lowest BCUT2D eigenvalue weighted by atomic mass is 10.1. The second-order valence-corrected chi connectivity index (χ2v) is 3.65. The van der Waals surface area contributed by atoms with E-state index in [-0.39, 0.29) is 0 Å². The lowest BCUT2D eigenvalue weighted by Crippen LogP contribution is -2.00. The first kappa shape index (κ1) is 9.78. The molecule has 2 rings (SSSR count). The van der Waals surface area contributed by atoms with Crippen LogP contribution in [0.2, 0.25) is 0 Å². The number of anilines is 1. The maximum Gasteiger partial charge on any atom is 0.0403 e. The fraction of sp³-hybridized carbons (Fsp3) is 0.143. The zero-order valence-electron chi connectivity index (χ0n) is 8.90. The number of para-hydroxylation sites is 1. The molecule has 0 aliphatic rings. The molecule has 0 aromatic heterocycles. The molecule has 0 spiro atoms. The highest BCUT2D eigenvalue weighted by Crippen LogP contribution is 2.11. The van der Waals surface area contributed by atoms with Crippen LogP contribution in [0.4, 0.5) is 5.69 Å². The van der Waals surface area contributed by atoms with Crippen LogP contribution in [0.15, 0.2) is 54.6 Å². The summed E-state index contributed by atoms with van der Waals surface area (Å²) in [4.78, 5) is 0. The molecule has 0 heterocycles. The number of nitrogens with one attached hydrogen (secondary N) is 1. The highest BCUT2D eigenvalue weighted by atomic mass is 14.9. The van der Waals surface area contributed by atoms with Crippen molar-refractivity contribution < 1.29 is 0 Å². The van der Waals surface area contributed by atoms with Gasteiger partial charge in [-0.1, -0.05) is 42.5 Å². The van der Waals surface area contributed by atoms with Crippen LogP contribution in [0, 0.1) is 6.92 Å². The molecule has 0 atom stereocenters. The summed E-state index contributed by atoms with van der Waals surface area (Å²) < 4.78 is 0. The molecule has 1 nitrogen and oxygen atoms in total. The van der Waals surface area contributed by atoms with Gasteiger partial charge in [0.2, 0.25) is 0 Å². The SMILES string of the molecule is Cc1ccccc1CNc1ccccc1. The van der Waals surface area contributed by atoms with Crippen molar-refractivity contribution in [3.8, 4) is 0 Å². The molecule has 15 heavy (non-hydrogen) atoms. The average Bonchev–Trinajstić information content (AvgIpc) is 2.29. The van der Waals surface area contributed by atoms with E-state index >= 15 is 0 Å². The van der Waals surface area contributed by atoms with Crippen molar-refractivity contribution in [2.24, 2.45) is 0 Å². The third-order valence-corrected chi connectivity index (χ3v) is 2.52. The Morgan fingerprint density at radius 3 is 2.27 bits per heavy atom. The Hall–Kier alpha value is -1.76. The molecule has 0 saturated heterocycles. The lowest BCUT2D eigenvalue weighted by molar-refractivity contribution is 1.12. The second kappa shape index (κ2) is 4.65. The van der Waals surface area contributed by atoms with Gasteiger partial charge in [-0.15, -0.1) is 0 Å². The normalized spacial score (nSPS) is 9.93. The number of hydrogen-bond acceptors (Lipinski definition) is 1. The van der Waals surface area contributed by atoms with E-state index in [1.807, 2.05) is 18.2 Å². The summed E-state index contributed by atoms with van der Waals surface area (Å²) >= 11 is 0. The molecule has 0 aliphatic heterocycles. The van der Waals surface area contributed by atoms with E-state index in [9.17, 15) is 0 Å². The van der Waals surface area contributed by atoms with Crippen LogP contribution in [-0.2, 0) is 6.54 Å². The molecule has 0 saturated carbocycles. The maximum absolute atomic E-state index is 3.40. The minimum absolute atomic E-state index is 0.886. The highest BCUT2D eigenvalue weighted by Gasteiger charge is 1.95. The van der Waals surface area contributed by atoms with E-state index < -0.39 is 0 Å². The molecular formula is C14H15N. The smallest absolute Gasteiger partial charge is 0.0403 e. The van der Waals surface area contributed by atoms with Crippen molar-refractivity contribution in [1.29, 1.82) is 0 Å². The highest BCUT2D eigenvalue weighted by molar-refractivity contribution is 5.43. The van der Waals surface area contributed by atoms with Gasteiger partial charge in [0.05, 0.1) is 0 Å². The maximum atomic E-state index is 3.40. The average molecular weight is 197 g/mol. The predicted octanol–water partition coefficient (Wildman–Crippen LogP) is 3.61. The van der Waals surface area contributed by atoms with E-state index in [1.165, 1.54) is 16.8 Å². The first-order valence-corrected chi connectivity index (χ1v) is 5.20. The molecule has 0 fully saturated rings. The molecule has 0 amide bonds. The Labute approximate surface area is 90.8 Å². The molecule has 0 aliphatic carbocycles. The monoisotopic (exact) mass is 197 g/mol. The van der Waals surface area contributed by atoms with Crippen LogP contribution in [0.25, 0.3) is 0 Å². The van der Waals surface area contributed by atoms with Gasteiger partial charge in [-0.2, -0.15) is 0 Å². The number of benzene rings is 2. The van der Waals surface area contributed by atoms with E-state index in [4.69, 9.17) is 0 Å². The van der Waals surface area contributed by atoms with E-state index in [0.29, 0.717) is 0 Å². The Kier molecular flexibility index (Phi) is 3.03. The minimum atomic E-state index is 0.886. The van der Waals surface area contributed by atoms with Crippen LogP contribution in [0.5, 0.6) is 0 Å². The standard InChI is InChI=1S/C14H15N/c1-12-7-5-6-8-13(12)11-15-14-9-3-2-4-10-14/h2-10,15H,11H2,1H3. The molecule has 0 unspecified atom stereocenters. The van der Waals surface area contributed by atoms with Crippen LogP contribution >= 0.6 is 0 Å². The van der Waals surface area contributed by atoms with Crippen molar-refractivity contribution in [3.05, 3.63) is 65.7 Å². The molecule has 0 radical (unpaired) electrons. The molecule has 1 heteroatoms. The third kappa shape index (κ3) is 2.59. The Morgan fingerprint density at radius 1 is 0.867 bits per heavy atom. The third-order valence-electron chi connectivity index (χ3n) is 2.52. The van der Waals surface area contributed by atoms with Gasteiger partial charge < -0.3 is 5.32 Å². The molecule has 76 valence electrons. The van der Waals surface area contributed by atoms with Gasteiger partial charge in [-0.05, 0) is 30.2 Å². The Bertz CT molecular complexity index is 420. The minimum Gasteiger partial charge on any atom is -0.381 e. The first-order valence-electron chi connectivity index (χ1n) is 5.20. The zero-order valence-corrected chi connectivity index (χ0v) is 8.90. The summed E-state index contributed by atoms with van der Waals surface area (Å²) in [6.07, 6.45) is 0. The molecule has 0 bridgehead atoms. The summed E-state index contributed by atoms with van der Waals surface area (Å²) in [5, 5.41) is 3.40. The summed E-state index contributed by atoms with van der Waals surface area (Å²) in [5.74, 6) is 0. The summed E-state index contributed by atoms with van der Waals surface area (Å²) in [6, 6.07) is 18.7. The topological polar surface area (TPSA) is 12.0 Å². The van der Waals surface area contributed by atoms with E-state index in [0.717, 1.165) is 6.54 Å². The largest absolute Gasteiger partial charge is 0.381 e. The van der Waals surface area contributed by atoms with Gasteiger partial charge in [0.15, 0.2) is 0 Å². The van der Waals surface area contributed by atoms with Crippen molar-refractivity contribution in [2.75, 3.05) is 5.32 Å². The molecular weight excluding hydrogens is 182 g/mol. The zero-order chi connectivity index (χ0) is 10.5. The van der Waals surface area contributed by atoms with E-state index in [1.54, 1.807) is 0 Å². The van der Waals surface area contributed by atoms with Gasteiger partial charge in [-0.3, -0.25) is 0 Å². The van der Waals surface area contributed by atoms with E-state index in [2.05, 4.69) is 48.6 Å². The van der Waals surface area contributed by atoms with Gasteiger partial charge >= 0.3 is 0 Å². The van der Waals surface area contributed by atoms with Gasteiger partial charge in [0.1, 0.15) is 0 Å². The quantitative estimate of drug-likeness (QED) is 0.792. The van der Waals surface area contributed by atoms with Crippen LogP contribution in [0.3, 0.4) is 0 Å². The van der Waals surface area contributed by atoms with Gasteiger partial charge in [0, 0.05) is 12.2 Å². The molecule has 2 aromatic rings. The molecule has 2 aromatic carbocycles. The summed E-state index contributed by atoms with van der Waals surface area (Å²) in [5.41, 5.74) is 3.85. The summed E-state index contributed by atoms with van der Waals surface area (Å²) in [6.45, 7) is 3.03. The predicted molar refractivity (Wildman–Crippen MR) is 64.9 cm³/mol. The van der Waals surface area contributed by atoms with Crippen molar-refractivity contribution in [1.82, 2.24) is 0 Å². The van der Waals surface area contributed by atoms with Crippen molar-refractivity contribution in [2.45, 2.75) is 13.5 Å². The first-order chi connectivity index (χ1) is 7.36. The number of rotatable bonds is 3. The molecule has 1 N–H and O–H groups in total. The second-order valence-electron chi connectivity index (χ2n) is 3.65. The number of hydrogen-bond donors (Lipinski definition) is 1. The van der Waals surface area contributed by atoms with Crippen LogP contribution < -0.4 is 5.32 Å². The van der Waals surface area contributed by atoms with Crippen LogP contribution in [0.1, 0.15) is 11.1 Å². The van der Waals surface area contributed by atoms with Crippen molar-refractivity contribution >= 4 is 5.69 Å². The Morgan fingerprint density at radius 2 is 1.53 bits per heavy atom. The summed E-state index contributed by atoms with van der Waals surface area (Å²) in [7, 11) is 0. The van der Waals surface area contributed by atoms with Gasteiger partial charge in [0.25, 0.3) is 0 Å².